The molecule has 2 rings (SSSR count). The van der Waals surface area contributed by atoms with E-state index in [2.05, 4.69) is 27.3 Å². The summed E-state index contributed by atoms with van der Waals surface area (Å²) >= 11 is 1.71. The number of benzene rings is 1. The monoisotopic (exact) mass is 305 g/mol. The predicted octanol–water partition coefficient (Wildman–Crippen LogP) is 2.18. The molecule has 0 aliphatic rings. The standard InChI is InChI=1S/C15H19N3O2S/c1-20-14-3-2-12(15(16)18-19)8-13(14)9-17-6-4-11-5-7-21-10-11/h2-3,5,7-8,10,17,19H,4,6,9H2,1H3,(H2,16,18). The van der Waals surface area contributed by atoms with Crippen molar-refractivity contribution in [1.82, 2.24) is 5.32 Å². The molecule has 5 nitrogen and oxygen atoms in total. The molecular weight excluding hydrogens is 286 g/mol. The maximum atomic E-state index is 8.74. The van der Waals surface area contributed by atoms with Crippen LogP contribution in [0.3, 0.4) is 0 Å². The van der Waals surface area contributed by atoms with Gasteiger partial charge in [0.15, 0.2) is 5.84 Å². The van der Waals surface area contributed by atoms with E-state index >= 15 is 0 Å². The van der Waals surface area contributed by atoms with Crippen molar-refractivity contribution >= 4 is 17.2 Å². The Morgan fingerprint density at radius 2 is 2.29 bits per heavy atom. The number of nitrogens with two attached hydrogens (primary N) is 1. The molecule has 0 spiro atoms. The Labute approximate surface area is 128 Å². The van der Waals surface area contributed by atoms with Gasteiger partial charge in [-0.2, -0.15) is 11.3 Å². The number of amidine groups is 1. The second kappa shape index (κ2) is 7.66. The van der Waals surface area contributed by atoms with E-state index in [-0.39, 0.29) is 5.84 Å². The number of methoxy groups -OCH3 is 1. The summed E-state index contributed by atoms with van der Waals surface area (Å²) in [6.07, 6.45) is 0.992. The average molecular weight is 305 g/mol. The molecule has 4 N–H and O–H groups in total. The third kappa shape index (κ3) is 4.21. The molecule has 0 saturated heterocycles. The van der Waals surface area contributed by atoms with E-state index < -0.39 is 0 Å². The molecule has 6 heteroatoms. The smallest absolute Gasteiger partial charge is 0.170 e. The van der Waals surface area contributed by atoms with Crippen LogP contribution in [0, 0.1) is 0 Å². The first-order valence-corrected chi connectivity index (χ1v) is 7.55. The van der Waals surface area contributed by atoms with Crippen LogP contribution in [0.2, 0.25) is 0 Å². The number of ether oxygens (including phenoxy) is 1. The molecule has 1 heterocycles. The number of rotatable bonds is 7. The molecule has 0 amide bonds. The molecule has 0 bridgehead atoms. The van der Waals surface area contributed by atoms with Crippen LogP contribution in [-0.2, 0) is 13.0 Å². The highest BCUT2D eigenvalue weighted by atomic mass is 32.1. The summed E-state index contributed by atoms with van der Waals surface area (Å²) in [5, 5.41) is 19.4. The highest BCUT2D eigenvalue weighted by Crippen LogP contribution is 2.19. The fourth-order valence-corrected chi connectivity index (χ4v) is 2.73. The summed E-state index contributed by atoms with van der Waals surface area (Å²) in [6, 6.07) is 7.59. The van der Waals surface area contributed by atoms with Gasteiger partial charge in [-0.1, -0.05) is 5.16 Å². The van der Waals surface area contributed by atoms with Crippen LogP contribution < -0.4 is 15.8 Å². The predicted molar refractivity (Wildman–Crippen MR) is 85.2 cm³/mol. The molecule has 0 unspecified atom stereocenters. The first-order chi connectivity index (χ1) is 10.2. The van der Waals surface area contributed by atoms with Gasteiger partial charge in [0.1, 0.15) is 5.75 Å². The van der Waals surface area contributed by atoms with Gasteiger partial charge >= 0.3 is 0 Å². The van der Waals surface area contributed by atoms with Crippen molar-refractivity contribution in [2.24, 2.45) is 10.9 Å². The SMILES string of the molecule is COc1ccc(/C(N)=N/O)cc1CNCCc1ccsc1. The average Bonchev–Trinajstić information content (AvgIpc) is 3.04. The molecule has 0 aliphatic carbocycles. The Bertz CT molecular complexity index is 597. The van der Waals surface area contributed by atoms with Crippen molar-refractivity contribution in [3.63, 3.8) is 0 Å². The number of oxime groups is 1. The molecule has 112 valence electrons. The molecule has 2 aromatic rings. The summed E-state index contributed by atoms with van der Waals surface area (Å²) in [5.74, 6) is 0.879. The first-order valence-electron chi connectivity index (χ1n) is 6.61. The highest BCUT2D eigenvalue weighted by Gasteiger charge is 2.07. The molecule has 1 aromatic heterocycles. The molecule has 21 heavy (non-hydrogen) atoms. The fraction of sp³-hybridized carbons (Fsp3) is 0.267. The topological polar surface area (TPSA) is 79.9 Å². The fourth-order valence-electron chi connectivity index (χ4n) is 2.02. The number of hydrogen-bond acceptors (Lipinski definition) is 5. The van der Waals surface area contributed by atoms with Gasteiger partial charge in [-0.25, -0.2) is 0 Å². The van der Waals surface area contributed by atoms with Gasteiger partial charge < -0.3 is 21.0 Å². The van der Waals surface area contributed by atoms with E-state index in [0.717, 1.165) is 24.3 Å². The first kappa shape index (κ1) is 15.3. The van der Waals surface area contributed by atoms with Gasteiger partial charge in [-0.3, -0.25) is 0 Å². The minimum atomic E-state index is 0.0946. The number of nitrogens with one attached hydrogen (secondary N) is 1. The molecular formula is C15H19N3O2S. The van der Waals surface area contributed by atoms with Crippen molar-refractivity contribution in [1.29, 1.82) is 0 Å². The van der Waals surface area contributed by atoms with Crippen LogP contribution in [0.5, 0.6) is 5.75 Å². The van der Waals surface area contributed by atoms with Crippen molar-refractivity contribution in [3.05, 3.63) is 51.7 Å². The van der Waals surface area contributed by atoms with E-state index in [0.29, 0.717) is 12.1 Å². The van der Waals surface area contributed by atoms with E-state index in [4.69, 9.17) is 15.7 Å². The van der Waals surface area contributed by atoms with Crippen LogP contribution in [0.4, 0.5) is 0 Å². The van der Waals surface area contributed by atoms with Crippen molar-refractivity contribution in [2.45, 2.75) is 13.0 Å². The maximum absolute atomic E-state index is 8.74. The van der Waals surface area contributed by atoms with Crippen LogP contribution in [0.1, 0.15) is 16.7 Å². The van der Waals surface area contributed by atoms with E-state index in [1.54, 1.807) is 24.5 Å². The molecule has 0 aliphatic heterocycles. The quantitative estimate of drug-likeness (QED) is 0.241. The molecule has 0 atom stereocenters. The Balaban J connectivity index is 1.97. The third-order valence-corrected chi connectivity index (χ3v) is 3.90. The van der Waals surface area contributed by atoms with Crippen molar-refractivity contribution in [2.75, 3.05) is 13.7 Å². The van der Waals surface area contributed by atoms with Gasteiger partial charge in [0.25, 0.3) is 0 Å². The lowest BCUT2D eigenvalue weighted by Crippen LogP contribution is -2.18. The lowest BCUT2D eigenvalue weighted by Gasteiger charge is -2.11. The summed E-state index contributed by atoms with van der Waals surface area (Å²) in [4.78, 5) is 0. The maximum Gasteiger partial charge on any atom is 0.170 e. The zero-order chi connectivity index (χ0) is 15.1. The zero-order valence-electron chi connectivity index (χ0n) is 11.9. The van der Waals surface area contributed by atoms with E-state index in [1.165, 1.54) is 5.56 Å². The normalized spacial score (nSPS) is 11.6. The summed E-state index contributed by atoms with van der Waals surface area (Å²) in [6.45, 7) is 1.55. The summed E-state index contributed by atoms with van der Waals surface area (Å²) in [5.41, 5.74) is 8.60. The molecule has 0 radical (unpaired) electrons. The molecule has 0 saturated carbocycles. The third-order valence-electron chi connectivity index (χ3n) is 3.17. The van der Waals surface area contributed by atoms with Crippen LogP contribution in [0.25, 0.3) is 0 Å². The highest BCUT2D eigenvalue weighted by molar-refractivity contribution is 7.07. The van der Waals surface area contributed by atoms with Crippen molar-refractivity contribution in [3.8, 4) is 5.75 Å². The van der Waals surface area contributed by atoms with Crippen molar-refractivity contribution < 1.29 is 9.94 Å². The van der Waals surface area contributed by atoms with Gasteiger partial charge in [0.2, 0.25) is 0 Å². The van der Waals surface area contributed by atoms with E-state index in [9.17, 15) is 0 Å². The summed E-state index contributed by atoms with van der Waals surface area (Å²) < 4.78 is 5.34. The Kier molecular flexibility index (Phi) is 5.59. The minimum absolute atomic E-state index is 0.0946. The lowest BCUT2D eigenvalue weighted by atomic mass is 10.1. The summed E-state index contributed by atoms with van der Waals surface area (Å²) in [7, 11) is 1.63. The Morgan fingerprint density at radius 1 is 1.43 bits per heavy atom. The number of thiophene rings is 1. The molecule has 0 fully saturated rings. The van der Waals surface area contributed by atoms with Crippen LogP contribution in [0.15, 0.2) is 40.2 Å². The Morgan fingerprint density at radius 3 is 2.95 bits per heavy atom. The van der Waals surface area contributed by atoms with Gasteiger partial charge in [0.05, 0.1) is 7.11 Å². The second-order valence-corrected chi connectivity index (χ2v) is 5.35. The van der Waals surface area contributed by atoms with Gasteiger partial charge in [-0.05, 0) is 53.6 Å². The minimum Gasteiger partial charge on any atom is -0.496 e. The van der Waals surface area contributed by atoms with Gasteiger partial charge in [-0.15, -0.1) is 0 Å². The molecule has 1 aromatic carbocycles. The number of hydrogen-bond donors (Lipinski definition) is 3. The second-order valence-electron chi connectivity index (χ2n) is 4.57. The lowest BCUT2D eigenvalue weighted by molar-refractivity contribution is 0.318. The van der Waals surface area contributed by atoms with E-state index in [1.807, 2.05) is 12.1 Å². The van der Waals surface area contributed by atoms with Crippen LogP contribution in [-0.4, -0.2) is 24.7 Å². The zero-order valence-corrected chi connectivity index (χ0v) is 12.7. The van der Waals surface area contributed by atoms with Crippen LogP contribution >= 0.6 is 11.3 Å². The van der Waals surface area contributed by atoms with Gasteiger partial charge in [0, 0.05) is 17.7 Å². The largest absolute Gasteiger partial charge is 0.496 e. The number of nitrogens with zero attached hydrogens (tertiary/aromatic N) is 1. The Hall–Kier alpha value is -2.05.